The second-order valence-corrected chi connectivity index (χ2v) is 5.01. The number of benzene rings is 2. The van der Waals surface area contributed by atoms with Crippen LogP contribution in [0.5, 0.6) is 0 Å². The molecule has 0 radical (unpaired) electrons. The molecule has 0 aliphatic carbocycles. The van der Waals surface area contributed by atoms with Crippen molar-refractivity contribution in [1.82, 2.24) is 0 Å². The van der Waals surface area contributed by atoms with E-state index in [0.717, 1.165) is 5.39 Å². The Morgan fingerprint density at radius 1 is 1.37 bits per heavy atom. The molecule has 19 heavy (non-hydrogen) atoms. The van der Waals surface area contributed by atoms with Crippen molar-refractivity contribution in [3.05, 3.63) is 47.0 Å². The maximum absolute atomic E-state index is 11.6. The lowest BCUT2D eigenvalue weighted by Gasteiger charge is -2.13. The first-order valence-electron chi connectivity index (χ1n) is 6.22. The molecule has 0 aliphatic heterocycles. The van der Waals surface area contributed by atoms with Gasteiger partial charge in [-0.05, 0) is 34.7 Å². The van der Waals surface area contributed by atoms with Crippen LogP contribution in [0.1, 0.15) is 35.3 Å². The van der Waals surface area contributed by atoms with Gasteiger partial charge in [0, 0.05) is 0 Å². The molecule has 2 aromatic carbocycles. The van der Waals surface area contributed by atoms with Crippen LogP contribution in [0.15, 0.2) is 30.3 Å². The van der Waals surface area contributed by atoms with Crippen LogP contribution in [0.3, 0.4) is 0 Å². The van der Waals surface area contributed by atoms with E-state index in [0.29, 0.717) is 28.9 Å². The number of nitrogens with zero attached hydrogens (tertiary/aromatic N) is 1. The third kappa shape index (κ3) is 2.43. The average Bonchev–Trinajstić information content (AvgIpc) is 2.36. The smallest absolute Gasteiger partial charge is 0.336 e. The largest absolute Gasteiger partial charge is 0.478 e. The van der Waals surface area contributed by atoms with Gasteiger partial charge < -0.3 is 5.11 Å². The lowest BCUT2D eigenvalue weighted by atomic mass is 9.89. The predicted molar refractivity (Wildman–Crippen MR) is 74.2 cm³/mol. The number of carboxylic acid groups (broad SMARTS) is 1. The first-order valence-corrected chi connectivity index (χ1v) is 6.22. The molecule has 0 atom stereocenters. The molecule has 0 aromatic heterocycles. The Kier molecular flexibility index (Phi) is 3.52. The van der Waals surface area contributed by atoms with Crippen LogP contribution in [-0.2, 0) is 6.42 Å². The summed E-state index contributed by atoms with van der Waals surface area (Å²) in [6.45, 7) is 4.03. The Bertz CT molecular complexity index is 681. The fraction of sp³-hybridized carbons (Fsp3) is 0.250. The van der Waals surface area contributed by atoms with Gasteiger partial charge in [0.05, 0.1) is 17.2 Å². The number of nitriles is 1. The molecule has 0 amide bonds. The highest BCUT2D eigenvalue weighted by atomic mass is 16.4. The van der Waals surface area contributed by atoms with Crippen molar-refractivity contribution in [3.63, 3.8) is 0 Å². The van der Waals surface area contributed by atoms with E-state index < -0.39 is 5.97 Å². The lowest BCUT2D eigenvalue weighted by Crippen LogP contribution is -2.09. The molecule has 0 saturated heterocycles. The highest BCUT2D eigenvalue weighted by Gasteiger charge is 2.19. The van der Waals surface area contributed by atoms with E-state index in [1.807, 2.05) is 32.0 Å². The Morgan fingerprint density at radius 3 is 2.63 bits per heavy atom. The van der Waals surface area contributed by atoms with Gasteiger partial charge in [-0.2, -0.15) is 5.26 Å². The number of rotatable bonds is 3. The molecule has 0 bridgehead atoms. The lowest BCUT2D eigenvalue weighted by molar-refractivity contribution is 0.0697. The number of carbonyl (C=O) groups is 1. The average molecular weight is 253 g/mol. The normalized spacial score (nSPS) is 10.6. The minimum atomic E-state index is -0.969. The van der Waals surface area contributed by atoms with Crippen molar-refractivity contribution < 1.29 is 9.90 Å². The summed E-state index contributed by atoms with van der Waals surface area (Å²) in [6, 6.07) is 11.2. The quantitative estimate of drug-likeness (QED) is 0.908. The molecule has 1 N–H and O–H groups in total. The van der Waals surface area contributed by atoms with Gasteiger partial charge in [-0.15, -0.1) is 0 Å². The SMILES string of the molecule is CC(C)Cc1c(C#N)cc2ccccc2c1C(=O)O. The number of hydrogen-bond donors (Lipinski definition) is 1. The van der Waals surface area contributed by atoms with Crippen LogP contribution in [0.4, 0.5) is 0 Å². The van der Waals surface area contributed by atoms with Crippen molar-refractivity contribution in [3.8, 4) is 6.07 Å². The molecule has 0 unspecified atom stereocenters. The second-order valence-electron chi connectivity index (χ2n) is 5.01. The van der Waals surface area contributed by atoms with E-state index in [9.17, 15) is 15.2 Å². The number of hydrogen-bond acceptors (Lipinski definition) is 2. The van der Waals surface area contributed by atoms with Crippen molar-refractivity contribution in [2.75, 3.05) is 0 Å². The standard InChI is InChI=1S/C16H15NO2/c1-10(2)7-14-12(9-17)8-11-5-3-4-6-13(11)15(14)16(18)19/h3-6,8,10H,7H2,1-2H3,(H,18,19). The van der Waals surface area contributed by atoms with E-state index in [1.54, 1.807) is 12.1 Å². The molecular weight excluding hydrogens is 238 g/mol. The number of fused-ring (bicyclic) bond motifs is 1. The van der Waals surface area contributed by atoms with Gasteiger partial charge in [0.15, 0.2) is 0 Å². The Labute approximate surface area is 112 Å². The molecule has 96 valence electrons. The topological polar surface area (TPSA) is 61.1 Å². The third-order valence-corrected chi connectivity index (χ3v) is 3.10. The van der Waals surface area contributed by atoms with Gasteiger partial charge in [0.1, 0.15) is 0 Å². The zero-order chi connectivity index (χ0) is 14.0. The van der Waals surface area contributed by atoms with E-state index in [2.05, 4.69) is 6.07 Å². The minimum Gasteiger partial charge on any atom is -0.478 e. The molecule has 0 saturated carbocycles. The van der Waals surface area contributed by atoms with Gasteiger partial charge >= 0.3 is 5.97 Å². The number of carboxylic acids is 1. The number of aromatic carboxylic acids is 1. The van der Waals surface area contributed by atoms with Gasteiger partial charge in [-0.3, -0.25) is 0 Å². The summed E-state index contributed by atoms with van der Waals surface area (Å²) in [7, 11) is 0. The van der Waals surface area contributed by atoms with Crippen LogP contribution in [0.25, 0.3) is 10.8 Å². The minimum absolute atomic E-state index is 0.267. The van der Waals surface area contributed by atoms with E-state index >= 15 is 0 Å². The molecule has 0 fully saturated rings. The first kappa shape index (κ1) is 13.1. The maximum Gasteiger partial charge on any atom is 0.336 e. The summed E-state index contributed by atoms with van der Waals surface area (Å²) in [6.07, 6.45) is 0.593. The van der Waals surface area contributed by atoms with Crippen molar-refractivity contribution in [2.45, 2.75) is 20.3 Å². The third-order valence-electron chi connectivity index (χ3n) is 3.10. The van der Waals surface area contributed by atoms with Gasteiger partial charge in [-0.1, -0.05) is 38.1 Å². The van der Waals surface area contributed by atoms with Crippen molar-refractivity contribution in [2.24, 2.45) is 5.92 Å². The Balaban J connectivity index is 2.86. The molecular formula is C16H15NO2. The Morgan fingerprint density at radius 2 is 2.05 bits per heavy atom. The van der Waals surface area contributed by atoms with Crippen molar-refractivity contribution >= 4 is 16.7 Å². The van der Waals surface area contributed by atoms with Crippen LogP contribution in [0.2, 0.25) is 0 Å². The van der Waals surface area contributed by atoms with Crippen LogP contribution < -0.4 is 0 Å². The molecule has 2 rings (SSSR count). The fourth-order valence-corrected chi connectivity index (χ4v) is 2.35. The maximum atomic E-state index is 11.6. The van der Waals surface area contributed by atoms with Crippen molar-refractivity contribution in [1.29, 1.82) is 5.26 Å². The first-order chi connectivity index (χ1) is 9.04. The van der Waals surface area contributed by atoms with E-state index in [4.69, 9.17) is 0 Å². The Hall–Kier alpha value is -2.34. The molecule has 0 spiro atoms. The van der Waals surface area contributed by atoms with Gasteiger partial charge in [0.25, 0.3) is 0 Å². The van der Waals surface area contributed by atoms with Gasteiger partial charge in [-0.25, -0.2) is 4.79 Å². The van der Waals surface area contributed by atoms with Crippen LogP contribution in [0, 0.1) is 17.2 Å². The van der Waals surface area contributed by atoms with Crippen LogP contribution in [-0.4, -0.2) is 11.1 Å². The summed E-state index contributed by atoms with van der Waals surface area (Å²) in [4.78, 5) is 11.6. The summed E-state index contributed by atoms with van der Waals surface area (Å²) in [5.74, 6) is -0.671. The summed E-state index contributed by atoms with van der Waals surface area (Å²) in [5, 5.41) is 20.2. The highest BCUT2D eigenvalue weighted by Crippen LogP contribution is 2.28. The summed E-state index contributed by atoms with van der Waals surface area (Å²) < 4.78 is 0. The molecule has 0 aliphatic rings. The monoisotopic (exact) mass is 253 g/mol. The summed E-state index contributed by atoms with van der Waals surface area (Å²) >= 11 is 0. The van der Waals surface area contributed by atoms with E-state index in [1.165, 1.54) is 0 Å². The molecule has 0 heterocycles. The van der Waals surface area contributed by atoms with Gasteiger partial charge in [0.2, 0.25) is 0 Å². The molecule has 3 heteroatoms. The van der Waals surface area contributed by atoms with Crippen LogP contribution >= 0.6 is 0 Å². The zero-order valence-corrected chi connectivity index (χ0v) is 11.0. The molecule has 2 aromatic rings. The predicted octanol–water partition coefficient (Wildman–Crippen LogP) is 3.61. The highest BCUT2D eigenvalue weighted by molar-refractivity contribution is 6.06. The molecule has 3 nitrogen and oxygen atoms in total. The van der Waals surface area contributed by atoms with E-state index in [-0.39, 0.29) is 5.56 Å². The fourth-order valence-electron chi connectivity index (χ4n) is 2.35. The second kappa shape index (κ2) is 5.11. The summed E-state index contributed by atoms with van der Waals surface area (Å²) in [5.41, 5.74) is 1.37. The zero-order valence-electron chi connectivity index (χ0n) is 11.0.